The summed E-state index contributed by atoms with van der Waals surface area (Å²) in [5, 5.41) is 6.20. The lowest BCUT2D eigenvalue weighted by Crippen LogP contribution is -2.59. The minimum Gasteiger partial charge on any atom is -0.352 e. The first-order valence-electron chi connectivity index (χ1n) is 12.5. The number of carbonyl (C=O) groups excluding carboxylic acids is 3. The van der Waals surface area contributed by atoms with E-state index in [1.165, 1.54) is 19.3 Å². The van der Waals surface area contributed by atoms with E-state index in [9.17, 15) is 14.4 Å². The second-order valence-electron chi connectivity index (χ2n) is 10.1. The smallest absolute Gasteiger partial charge is 0.317 e. The second-order valence-corrected chi connectivity index (χ2v) is 10.1. The van der Waals surface area contributed by atoms with E-state index in [0.29, 0.717) is 32.6 Å². The summed E-state index contributed by atoms with van der Waals surface area (Å²) in [6, 6.07) is 10.5. The summed E-state index contributed by atoms with van der Waals surface area (Å²) in [5.41, 5.74) is 0.277. The Balaban J connectivity index is 1.28. The molecule has 8 nitrogen and oxygen atoms in total. The molecular formula is C25H35N5O3. The average molecular weight is 454 g/mol. The van der Waals surface area contributed by atoms with E-state index in [-0.39, 0.29) is 36.5 Å². The van der Waals surface area contributed by atoms with Gasteiger partial charge >= 0.3 is 6.03 Å². The highest BCUT2D eigenvalue weighted by Gasteiger charge is 2.54. The molecule has 4 aliphatic rings. The van der Waals surface area contributed by atoms with Crippen molar-refractivity contribution >= 4 is 23.5 Å². The van der Waals surface area contributed by atoms with E-state index < -0.39 is 5.54 Å². The summed E-state index contributed by atoms with van der Waals surface area (Å²) in [6.07, 6.45) is 8.92. The van der Waals surface area contributed by atoms with Gasteiger partial charge in [-0.05, 0) is 50.7 Å². The number of para-hydroxylation sites is 1. The Morgan fingerprint density at radius 3 is 2.24 bits per heavy atom. The van der Waals surface area contributed by atoms with Crippen molar-refractivity contribution in [2.24, 2.45) is 0 Å². The van der Waals surface area contributed by atoms with Crippen LogP contribution in [-0.4, -0.2) is 71.6 Å². The van der Waals surface area contributed by atoms with Gasteiger partial charge in [0.1, 0.15) is 12.1 Å². The van der Waals surface area contributed by atoms with Crippen LogP contribution < -0.4 is 15.5 Å². The predicted octanol–water partition coefficient (Wildman–Crippen LogP) is 2.45. The number of likely N-dealkylation sites (tertiary alicyclic amines) is 1. The number of hydrogen-bond acceptors (Lipinski definition) is 4. The van der Waals surface area contributed by atoms with Crippen LogP contribution in [0.15, 0.2) is 30.3 Å². The topological polar surface area (TPSA) is 85.0 Å². The Labute approximate surface area is 195 Å². The van der Waals surface area contributed by atoms with Gasteiger partial charge in [-0.3, -0.25) is 9.59 Å². The van der Waals surface area contributed by atoms with E-state index in [4.69, 9.17) is 0 Å². The molecule has 1 aromatic carbocycles. The predicted molar refractivity (Wildman–Crippen MR) is 126 cm³/mol. The lowest BCUT2D eigenvalue weighted by molar-refractivity contribution is -0.137. The maximum Gasteiger partial charge on any atom is 0.317 e. The Morgan fingerprint density at radius 1 is 0.909 bits per heavy atom. The number of hydrogen-bond donors (Lipinski definition) is 2. The molecule has 178 valence electrons. The molecule has 0 aromatic heterocycles. The Hall–Kier alpha value is -2.77. The minimum absolute atomic E-state index is 0.00430. The van der Waals surface area contributed by atoms with Gasteiger partial charge in [0, 0.05) is 30.9 Å². The summed E-state index contributed by atoms with van der Waals surface area (Å²) in [4.78, 5) is 44.7. The molecule has 5 rings (SSSR count). The molecule has 0 atom stereocenters. The standard InChI is InChI=1S/C25H35N5O3/c31-22(26-20-11-12-20)17-29-18-30(21-9-5-2-6-10-21)25(23(29)32)13-15-28(16-14-25)24(33)27-19-7-3-1-4-8-19/h2,5-6,9-10,19-20H,1,3-4,7-8,11-18H2,(H,26,31)(H,27,33). The molecule has 8 heteroatoms. The molecule has 2 heterocycles. The van der Waals surface area contributed by atoms with E-state index in [1.807, 2.05) is 35.2 Å². The fraction of sp³-hybridized carbons (Fsp3) is 0.640. The highest BCUT2D eigenvalue weighted by molar-refractivity contribution is 5.96. The van der Waals surface area contributed by atoms with Gasteiger partial charge in [-0.1, -0.05) is 37.5 Å². The fourth-order valence-electron chi connectivity index (χ4n) is 5.59. The van der Waals surface area contributed by atoms with Crippen LogP contribution in [0.25, 0.3) is 0 Å². The highest BCUT2D eigenvalue weighted by Crippen LogP contribution is 2.39. The average Bonchev–Trinajstić information content (AvgIpc) is 3.62. The van der Waals surface area contributed by atoms with Crippen LogP contribution in [0, 0.1) is 0 Å². The van der Waals surface area contributed by atoms with Crippen molar-refractivity contribution in [1.29, 1.82) is 0 Å². The van der Waals surface area contributed by atoms with Crippen LogP contribution in [-0.2, 0) is 9.59 Å². The van der Waals surface area contributed by atoms with Gasteiger partial charge in [-0.15, -0.1) is 0 Å². The molecule has 1 aromatic rings. The lowest BCUT2D eigenvalue weighted by atomic mass is 9.85. The van der Waals surface area contributed by atoms with Crippen molar-refractivity contribution in [3.05, 3.63) is 30.3 Å². The monoisotopic (exact) mass is 453 g/mol. The highest BCUT2D eigenvalue weighted by atomic mass is 16.2. The summed E-state index contributed by atoms with van der Waals surface area (Å²) in [5.74, 6) is -0.0788. The van der Waals surface area contributed by atoms with Crippen LogP contribution in [0.5, 0.6) is 0 Å². The number of nitrogens with zero attached hydrogens (tertiary/aromatic N) is 3. The number of benzene rings is 1. The number of rotatable bonds is 5. The molecule has 0 unspecified atom stereocenters. The fourth-order valence-corrected chi connectivity index (χ4v) is 5.59. The Morgan fingerprint density at radius 2 is 1.58 bits per heavy atom. The number of nitrogens with one attached hydrogen (secondary N) is 2. The van der Waals surface area contributed by atoms with Crippen LogP contribution >= 0.6 is 0 Å². The maximum absolute atomic E-state index is 13.7. The quantitative estimate of drug-likeness (QED) is 0.717. The second kappa shape index (κ2) is 9.23. The number of amides is 4. The zero-order valence-corrected chi connectivity index (χ0v) is 19.3. The molecule has 4 amide bonds. The SMILES string of the molecule is O=C(CN1CN(c2ccccc2)C2(CCN(C(=O)NC3CCCCC3)CC2)C1=O)NC1CC1. The van der Waals surface area contributed by atoms with E-state index in [1.54, 1.807) is 4.90 Å². The number of piperidine rings is 1. The Bertz CT molecular complexity index is 873. The molecule has 0 bridgehead atoms. The molecular weight excluding hydrogens is 418 g/mol. The molecule has 1 spiro atoms. The molecule has 4 fully saturated rings. The third-order valence-corrected chi connectivity index (χ3v) is 7.67. The molecule has 2 N–H and O–H groups in total. The first kappa shape index (κ1) is 22.0. The Kier molecular flexibility index (Phi) is 6.17. The largest absolute Gasteiger partial charge is 0.352 e. The third-order valence-electron chi connectivity index (χ3n) is 7.67. The number of carbonyl (C=O) groups is 3. The minimum atomic E-state index is -0.706. The summed E-state index contributed by atoms with van der Waals surface area (Å²) in [6.45, 7) is 1.56. The molecule has 2 saturated carbocycles. The van der Waals surface area contributed by atoms with Crippen molar-refractivity contribution in [2.75, 3.05) is 31.2 Å². The van der Waals surface area contributed by atoms with Crippen molar-refractivity contribution < 1.29 is 14.4 Å². The summed E-state index contributed by atoms with van der Waals surface area (Å²) in [7, 11) is 0. The van der Waals surface area contributed by atoms with Crippen molar-refractivity contribution in [3.63, 3.8) is 0 Å². The van der Waals surface area contributed by atoms with Gasteiger partial charge in [0.2, 0.25) is 5.91 Å². The summed E-state index contributed by atoms with van der Waals surface area (Å²) >= 11 is 0. The number of urea groups is 1. The molecule has 2 saturated heterocycles. The lowest BCUT2D eigenvalue weighted by Gasteiger charge is -2.43. The van der Waals surface area contributed by atoms with E-state index in [0.717, 1.165) is 31.4 Å². The van der Waals surface area contributed by atoms with Gasteiger partial charge in [0.05, 0.1) is 6.67 Å². The first-order valence-corrected chi connectivity index (χ1v) is 12.5. The van der Waals surface area contributed by atoms with Crippen LogP contribution in [0.1, 0.15) is 57.8 Å². The zero-order chi connectivity index (χ0) is 22.8. The molecule has 2 aliphatic heterocycles. The van der Waals surface area contributed by atoms with Crippen molar-refractivity contribution in [1.82, 2.24) is 20.4 Å². The van der Waals surface area contributed by atoms with Gasteiger partial charge < -0.3 is 25.3 Å². The number of anilines is 1. The normalized spacial score (nSPS) is 23.2. The van der Waals surface area contributed by atoms with Crippen molar-refractivity contribution in [2.45, 2.75) is 75.4 Å². The molecule has 2 aliphatic carbocycles. The van der Waals surface area contributed by atoms with Crippen LogP contribution in [0.4, 0.5) is 10.5 Å². The van der Waals surface area contributed by atoms with Crippen molar-refractivity contribution in [3.8, 4) is 0 Å². The van der Waals surface area contributed by atoms with Gasteiger partial charge in [-0.2, -0.15) is 0 Å². The third kappa shape index (κ3) is 4.66. The van der Waals surface area contributed by atoms with E-state index >= 15 is 0 Å². The summed E-state index contributed by atoms with van der Waals surface area (Å²) < 4.78 is 0. The van der Waals surface area contributed by atoms with E-state index in [2.05, 4.69) is 15.5 Å². The van der Waals surface area contributed by atoms with Gasteiger partial charge in [0.25, 0.3) is 5.91 Å². The molecule has 0 radical (unpaired) electrons. The van der Waals surface area contributed by atoms with Gasteiger partial charge in [-0.25, -0.2) is 4.79 Å². The van der Waals surface area contributed by atoms with Crippen LogP contribution in [0.3, 0.4) is 0 Å². The maximum atomic E-state index is 13.7. The molecule has 33 heavy (non-hydrogen) atoms. The van der Waals surface area contributed by atoms with Gasteiger partial charge in [0.15, 0.2) is 0 Å². The van der Waals surface area contributed by atoms with Crippen LogP contribution in [0.2, 0.25) is 0 Å². The first-order chi connectivity index (χ1) is 16.0. The zero-order valence-electron chi connectivity index (χ0n) is 19.3.